The summed E-state index contributed by atoms with van der Waals surface area (Å²) in [4.78, 5) is 26.3. The van der Waals surface area contributed by atoms with Gasteiger partial charge in [0.1, 0.15) is 23.1 Å². The molecule has 1 heterocycles. The molecule has 2 rings (SSSR count). The lowest BCUT2D eigenvalue weighted by molar-refractivity contribution is -0.141. The molecule has 1 aliphatic rings. The number of nitrogens with zero attached hydrogens (tertiary/aromatic N) is 1. The van der Waals surface area contributed by atoms with Gasteiger partial charge in [0, 0.05) is 35.6 Å². The first-order valence-corrected chi connectivity index (χ1v) is 19.1. The smallest absolute Gasteiger partial charge is 0.327 e. The molecule has 1 aromatic carbocycles. The average Bonchev–Trinajstić information content (AvgIpc) is 3.21. The summed E-state index contributed by atoms with van der Waals surface area (Å²) in [6, 6.07) is 6.07. The largest absolute Gasteiger partial charge is 0.480 e. The van der Waals surface area contributed by atoms with Crippen LogP contribution in [0.3, 0.4) is 0 Å². The van der Waals surface area contributed by atoms with Crippen LogP contribution in [-0.4, -0.2) is 70.9 Å². The zero-order valence-electron chi connectivity index (χ0n) is 21.3. The second-order valence-electron chi connectivity index (χ2n) is 10.8. The third-order valence-corrected chi connectivity index (χ3v) is 8.68. The van der Waals surface area contributed by atoms with Crippen molar-refractivity contribution in [2.24, 2.45) is 0 Å². The van der Waals surface area contributed by atoms with Crippen molar-refractivity contribution >= 4 is 28.0 Å². The zero-order chi connectivity index (χ0) is 25.4. The van der Waals surface area contributed by atoms with Crippen LogP contribution in [0.15, 0.2) is 30.5 Å². The summed E-state index contributed by atoms with van der Waals surface area (Å²) in [5.41, 5.74) is 0.155. The topological polar surface area (TPSA) is 94.5 Å². The fourth-order valence-corrected chi connectivity index (χ4v) is 4.64. The van der Waals surface area contributed by atoms with Crippen LogP contribution in [-0.2, 0) is 14.3 Å². The molecule has 0 radical (unpaired) electrons. The second kappa shape index (κ2) is 12.5. The maximum absolute atomic E-state index is 13.4. The number of amides is 1. The highest BCUT2D eigenvalue weighted by Crippen LogP contribution is 2.32. The average molecular weight is 510 g/mol. The lowest BCUT2D eigenvalue weighted by Gasteiger charge is -2.23. The third-order valence-electron chi connectivity index (χ3n) is 5.27. The van der Waals surface area contributed by atoms with Crippen LogP contribution < -0.4 is 9.47 Å². The number of hydrogen-bond acceptors (Lipinski definition) is 6. The highest BCUT2D eigenvalue weighted by Gasteiger charge is 2.34. The van der Waals surface area contributed by atoms with Gasteiger partial charge in [-0.05, 0) is 30.6 Å². The van der Waals surface area contributed by atoms with Gasteiger partial charge in [0.05, 0.1) is 0 Å². The Bertz CT molecular complexity index is 820. The second-order valence-corrected chi connectivity index (χ2v) is 22.0. The molecule has 0 aromatic heterocycles. The Morgan fingerprint density at radius 3 is 1.88 bits per heavy atom. The van der Waals surface area contributed by atoms with E-state index in [-0.39, 0.29) is 37.1 Å². The molecular weight excluding hydrogens is 470 g/mol. The van der Waals surface area contributed by atoms with Crippen LogP contribution in [0.1, 0.15) is 16.8 Å². The summed E-state index contributed by atoms with van der Waals surface area (Å²) >= 11 is 0. The van der Waals surface area contributed by atoms with Crippen LogP contribution in [0.5, 0.6) is 11.5 Å². The number of rotatable bonds is 14. The van der Waals surface area contributed by atoms with Gasteiger partial charge in [-0.1, -0.05) is 51.4 Å². The fourth-order valence-electron chi connectivity index (χ4n) is 3.13. The number of benzene rings is 1. The minimum absolute atomic E-state index is 0.0148. The summed E-state index contributed by atoms with van der Waals surface area (Å²) < 4.78 is 22.9. The van der Waals surface area contributed by atoms with Crippen molar-refractivity contribution in [3.63, 3.8) is 0 Å². The summed E-state index contributed by atoms with van der Waals surface area (Å²) in [6.45, 7) is 14.7. The normalized spacial score (nSPS) is 16.1. The van der Waals surface area contributed by atoms with Gasteiger partial charge in [0.25, 0.3) is 5.91 Å². The quantitative estimate of drug-likeness (QED) is 0.217. The van der Waals surface area contributed by atoms with E-state index in [0.29, 0.717) is 13.2 Å². The van der Waals surface area contributed by atoms with Gasteiger partial charge in [-0.3, -0.25) is 4.79 Å². The van der Waals surface area contributed by atoms with Gasteiger partial charge in [0.2, 0.25) is 0 Å². The molecule has 1 aromatic rings. The van der Waals surface area contributed by atoms with Crippen molar-refractivity contribution in [1.29, 1.82) is 0 Å². The molecule has 1 aliphatic heterocycles. The van der Waals surface area contributed by atoms with Gasteiger partial charge in [-0.25, -0.2) is 4.79 Å². The molecule has 0 fully saturated rings. The van der Waals surface area contributed by atoms with E-state index in [4.69, 9.17) is 18.9 Å². The fraction of sp³-hybridized carbons (Fsp3) is 0.583. The van der Waals surface area contributed by atoms with Gasteiger partial charge >= 0.3 is 5.97 Å². The predicted octanol–water partition coefficient (Wildman–Crippen LogP) is 4.88. The van der Waals surface area contributed by atoms with Crippen LogP contribution in [0, 0.1) is 0 Å². The number of aliphatic carboxylic acids is 1. The summed E-state index contributed by atoms with van der Waals surface area (Å²) in [5.74, 6) is -1.01. The molecule has 10 heteroatoms. The van der Waals surface area contributed by atoms with E-state index in [2.05, 4.69) is 39.3 Å². The molecule has 1 amide bonds. The number of carbonyl (C=O) groups excluding carboxylic acids is 1. The Hall–Kier alpha value is -2.15. The van der Waals surface area contributed by atoms with E-state index in [0.717, 1.165) is 12.1 Å². The molecular formula is C24H39NO7Si2. The molecule has 0 saturated heterocycles. The SMILES string of the molecule is C[Si](C)(C)CCOCOc1cccc(OCOCC[Si](C)(C)C)c1C(=O)N1C=CCC1C(=O)O. The van der Waals surface area contributed by atoms with Crippen molar-refractivity contribution in [2.75, 3.05) is 26.8 Å². The number of hydrogen-bond donors (Lipinski definition) is 1. The molecule has 0 bridgehead atoms. The monoisotopic (exact) mass is 509 g/mol. The number of carboxylic acid groups (broad SMARTS) is 1. The van der Waals surface area contributed by atoms with Crippen LogP contribution in [0.2, 0.25) is 51.4 Å². The van der Waals surface area contributed by atoms with Gasteiger partial charge < -0.3 is 29.0 Å². The Balaban J connectivity index is 2.15. The van der Waals surface area contributed by atoms with Crippen LogP contribution in [0.4, 0.5) is 0 Å². The van der Waals surface area contributed by atoms with Gasteiger partial charge in [0.15, 0.2) is 13.6 Å². The number of carboxylic acids is 1. The van der Waals surface area contributed by atoms with E-state index in [1.165, 1.54) is 11.1 Å². The van der Waals surface area contributed by atoms with Crippen molar-refractivity contribution in [3.05, 3.63) is 36.0 Å². The maximum atomic E-state index is 13.4. The first kappa shape index (κ1) is 28.1. The van der Waals surface area contributed by atoms with Crippen molar-refractivity contribution in [1.82, 2.24) is 4.90 Å². The standard InChI is InChI=1S/C24H39NO7Si2/c1-33(2,3)15-13-29-17-31-20-10-7-11-21(32-18-30-14-16-34(4,5)6)22(20)23(26)25-12-8-9-19(25)24(27)28/h7-8,10-12,19H,9,13-18H2,1-6H3,(H,27,28). The number of carbonyl (C=O) groups is 2. The lowest BCUT2D eigenvalue weighted by atomic mass is 10.1. The Morgan fingerprint density at radius 2 is 1.44 bits per heavy atom. The minimum atomic E-state index is -1.23. The van der Waals surface area contributed by atoms with E-state index in [9.17, 15) is 14.7 Å². The molecule has 34 heavy (non-hydrogen) atoms. The van der Waals surface area contributed by atoms with Crippen molar-refractivity contribution in [2.45, 2.75) is 63.8 Å². The van der Waals surface area contributed by atoms with E-state index >= 15 is 0 Å². The summed E-state index contributed by atoms with van der Waals surface area (Å²) in [6.07, 6.45) is 3.41. The Kier molecular flexibility index (Phi) is 10.4. The molecule has 8 nitrogen and oxygen atoms in total. The van der Waals surface area contributed by atoms with Gasteiger partial charge in [-0.2, -0.15) is 0 Å². The molecule has 1 unspecified atom stereocenters. The van der Waals surface area contributed by atoms with Crippen molar-refractivity contribution in [3.8, 4) is 11.5 Å². The highest BCUT2D eigenvalue weighted by atomic mass is 28.3. The van der Waals surface area contributed by atoms with E-state index in [1.807, 2.05) is 0 Å². The van der Waals surface area contributed by atoms with Crippen LogP contribution >= 0.6 is 0 Å². The van der Waals surface area contributed by atoms with E-state index < -0.39 is 34.1 Å². The van der Waals surface area contributed by atoms with Gasteiger partial charge in [-0.15, -0.1) is 0 Å². The molecule has 0 aliphatic carbocycles. The molecule has 0 saturated carbocycles. The zero-order valence-corrected chi connectivity index (χ0v) is 23.3. The molecule has 0 spiro atoms. The third kappa shape index (κ3) is 9.24. The Morgan fingerprint density at radius 1 is 0.941 bits per heavy atom. The molecule has 1 atom stereocenters. The van der Waals surface area contributed by atoms with Crippen LogP contribution in [0.25, 0.3) is 0 Å². The predicted molar refractivity (Wildman–Crippen MR) is 137 cm³/mol. The highest BCUT2D eigenvalue weighted by molar-refractivity contribution is 6.76. The summed E-state index contributed by atoms with van der Waals surface area (Å²) in [5, 5.41) is 9.52. The molecule has 1 N–H and O–H groups in total. The number of ether oxygens (including phenoxy) is 4. The lowest BCUT2D eigenvalue weighted by Crippen LogP contribution is -2.38. The first-order chi connectivity index (χ1) is 15.9. The van der Waals surface area contributed by atoms with Crippen molar-refractivity contribution < 1.29 is 33.6 Å². The Labute approximate surface area is 204 Å². The minimum Gasteiger partial charge on any atom is -0.480 e. The summed E-state index contributed by atoms with van der Waals surface area (Å²) in [7, 11) is -2.46. The maximum Gasteiger partial charge on any atom is 0.327 e. The molecule has 190 valence electrons. The van der Waals surface area contributed by atoms with E-state index in [1.54, 1.807) is 24.3 Å². The first-order valence-electron chi connectivity index (χ1n) is 11.7.